The van der Waals surface area contributed by atoms with Crippen molar-refractivity contribution >= 4 is 5.97 Å². The molecule has 0 saturated heterocycles. The monoisotopic (exact) mass is 216 g/mol. The molecule has 0 aliphatic rings. The number of benzene rings is 1. The number of hydrogen-bond donors (Lipinski definition) is 0. The van der Waals surface area contributed by atoms with Gasteiger partial charge in [0.1, 0.15) is 0 Å². The summed E-state index contributed by atoms with van der Waals surface area (Å²) >= 11 is 0. The van der Waals surface area contributed by atoms with Gasteiger partial charge >= 0.3 is 35.5 Å². The zero-order valence-electron chi connectivity index (χ0n) is 9.16. The molecule has 0 unspecified atom stereocenters. The largest absolute Gasteiger partial charge is 1.00 e. The minimum absolute atomic E-state index is 0. The zero-order chi connectivity index (χ0) is 10.4. The molecule has 0 radical (unpaired) electrons. The second-order valence-corrected chi connectivity index (χ2v) is 2.95. The zero-order valence-corrected chi connectivity index (χ0v) is 11.2. The molecule has 0 aromatic heterocycles. The van der Waals surface area contributed by atoms with E-state index in [1.165, 1.54) is 12.1 Å². The van der Waals surface area contributed by atoms with E-state index in [1.54, 1.807) is 19.1 Å². The molecule has 0 bridgehead atoms. The van der Waals surface area contributed by atoms with Crippen LogP contribution in [0.15, 0.2) is 24.3 Å². The van der Waals surface area contributed by atoms with Crippen molar-refractivity contribution in [1.82, 2.24) is 0 Å². The first-order valence-corrected chi connectivity index (χ1v) is 4.64. The fraction of sp³-hybridized carbons (Fsp3) is 0.364. The van der Waals surface area contributed by atoms with Gasteiger partial charge in [-0.15, -0.1) is 5.75 Å². The summed E-state index contributed by atoms with van der Waals surface area (Å²) in [7, 11) is 0. The van der Waals surface area contributed by atoms with Crippen LogP contribution in [0.1, 0.15) is 18.9 Å². The molecular weight excluding hydrogens is 203 g/mol. The predicted octanol–water partition coefficient (Wildman–Crippen LogP) is -1.74. The Morgan fingerprint density at radius 2 is 1.93 bits per heavy atom. The van der Waals surface area contributed by atoms with E-state index in [4.69, 9.17) is 4.74 Å². The number of carbonyl (C=O) groups excluding carboxylic acids is 1. The number of hydrogen-bond acceptors (Lipinski definition) is 3. The summed E-state index contributed by atoms with van der Waals surface area (Å²) in [5.74, 6) is -0.205. The number of aryl methyl sites for hydroxylation is 1. The average Bonchev–Trinajstić information content (AvgIpc) is 2.17. The molecule has 0 saturated carbocycles. The summed E-state index contributed by atoms with van der Waals surface area (Å²) < 4.78 is 4.79. The normalized spacial score (nSPS) is 9.13. The van der Waals surface area contributed by atoms with Gasteiger partial charge in [-0.05, 0) is 18.9 Å². The Morgan fingerprint density at radius 3 is 2.47 bits per heavy atom. The molecule has 0 aliphatic heterocycles. The maximum Gasteiger partial charge on any atom is 1.00 e. The first-order chi connectivity index (χ1) is 6.72. The van der Waals surface area contributed by atoms with Gasteiger partial charge in [-0.3, -0.25) is 4.79 Å². The first kappa shape index (κ1) is 14.5. The Hall–Kier alpha value is -0.510. The van der Waals surface area contributed by atoms with Crippen LogP contribution in [0.2, 0.25) is 0 Å². The van der Waals surface area contributed by atoms with Gasteiger partial charge in [0.05, 0.1) is 6.61 Å². The van der Waals surface area contributed by atoms with Crippen LogP contribution in [0.3, 0.4) is 0 Å². The van der Waals surface area contributed by atoms with Crippen LogP contribution in [0, 0.1) is 0 Å². The predicted molar refractivity (Wildman–Crippen MR) is 50.8 cm³/mol. The summed E-state index contributed by atoms with van der Waals surface area (Å²) in [5, 5.41) is 10.8. The minimum atomic E-state index is -0.196. The molecule has 0 aliphatic carbocycles. The molecule has 0 atom stereocenters. The van der Waals surface area contributed by atoms with Gasteiger partial charge in [0.25, 0.3) is 0 Å². The van der Waals surface area contributed by atoms with Gasteiger partial charge < -0.3 is 9.84 Å². The molecule has 1 aromatic carbocycles. The van der Waals surface area contributed by atoms with E-state index in [9.17, 15) is 9.90 Å². The van der Waals surface area contributed by atoms with Crippen molar-refractivity contribution in [2.45, 2.75) is 19.8 Å². The molecule has 15 heavy (non-hydrogen) atoms. The van der Waals surface area contributed by atoms with Crippen LogP contribution < -0.4 is 34.7 Å². The SMILES string of the molecule is CCOC(=O)CCc1ccc([O-])cc1.[Na+]. The Labute approximate surface area is 112 Å². The van der Waals surface area contributed by atoms with Gasteiger partial charge in [0.15, 0.2) is 0 Å². The van der Waals surface area contributed by atoms with Crippen molar-refractivity contribution in [3.05, 3.63) is 29.8 Å². The molecule has 0 N–H and O–H groups in total. The molecule has 0 heterocycles. The maximum atomic E-state index is 11.0. The van der Waals surface area contributed by atoms with Crippen molar-refractivity contribution < 1.29 is 44.2 Å². The van der Waals surface area contributed by atoms with Crippen LogP contribution in [-0.4, -0.2) is 12.6 Å². The average molecular weight is 216 g/mol. The van der Waals surface area contributed by atoms with Crippen molar-refractivity contribution in [3.8, 4) is 5.75 Å². The Bertz CT molecular complexity index is 295. The van der Waals surface area contributed by atoms with Crippen LogP contribution in [0.5, 0.6) is 5.75 Å². The third kappa shape index (κ3) is 5.82. The second kappa shape index (κ2) is 7.74. The van der Waals surface area contributed by atoms with E-state index in [1.807, 2.05) is 0 Å². The van der Waals surface area contributed by atoms with Gasteiger partial charge in [-0.1, -0.05) is 24.3 Å². The Morgan fingerprint density at radius 1 is 1.33 bits per heavy atom. The van der Waals surface area contributed by atoms with E-state index >= 15 is 0 Å². The molecule has 4 heteroatoms. The van der Waals surface area contributed by atoms with Gasteiger partial charge in [-0.2, -0.15) is 0 Å². The molecule has 0 fully saturated rings. The molecule has 1 rings (SSSR count). The van der Waals surface area contributed by atoms with E-state index in [-0.39, 0.29) is 41.3 Å². The number of rotatable bonds is 4. The van der Waals surface area contributed by atoms with Crippen molar-refractivity contribution in [2.24, 2.45) is 0 Å². The number of ether oxygens (including phenoxy) is 1. The summed E-state index contributed by atoms with van der Waals surface area (Å²) in [6, 6.07) is 6.48. The third-order valence-corrected chi connectivity index (χ3v) is 1.85. The molecule has 3 nitrogen and oxygen atoms in total. The third-order valence-electron chi connectivity index (χ3n) is 1.85. The van der Waals surface area contributed by atoms with E-state index in [2.05, 4.69) is 0 Å². The maximum absolute atomic E-state index is 11.0. The van der Waals surface area contributed by atoms with Gasteiger partial charge in [0, 0.05) is 6.42 Å². The molecule has 76 valence electrons. The van der Waals surface area contributed by atoms with Gasteiger partial charge in [-0.25, -0.2) is 0 Å². The summed E-state index contributed by atoms with van der Waals surface area (Å²) in [6.45, 7) is 2.20. The van der Waals surface area contributed by atoms with Crippen LogP contribution in [0.4, 0.5) is 0 Å². The van der Waals surface area contributed by atoms with E-state index < -0.39 is 0 Å². The minimum Gasteiger partial charge on any atom is -0.872 e. The Balaban J connectivity index is 0.00000196. The Kier molecular flexibility index (Phi) is 7.48. The topological polar surface area (TPSA) is 49.4 Å². The number of carbonyl (C=O) groups is 1. The van der Waals surface area contributed by atoms with Crippen LogP contribution in [-0.2, 0) is 16.0 Å². The molecule has 0 spiro atoms. The summed E-state index contributed by atoms with van der Waals surface area (Å²) in [4.78, 5) is 11.0. The van der Waals surface area contributed by atoms with Crippen molar-refractivity contribution in [2.75, 3.05) is 6.61 Å². The standard InChI is InChI=1S/C11H14O3.Na/c1-2-14-11(13)8-5-9-3-6-10(12)7-4-9;/h3-4,6-7,12H,2,5,8H2,1H3;/q;+1/p-1. The molecular formula is C11H13NaO3. The molecule has 1 aromatic rings. The fourth-order valence-electron chi connectivity index (χ4n) is 1.14. The van der Waals surface area contributed by atoms with Crippen LogP contribution in [0.25, 0.3) is 0 Å². The fourth-order valence-corrected chi connectivity index (χ4v) is 1.14. The van der Waals surface area contributed by atoms with Crippen molar-refractivity contribution in [1.29, 1.82) is 0 Å². The smallest absolute Gasteiger partial charge is 0.872 e. The quantitative estimate of drug-likeness (QED) is 0.443. The first-order valence-electron chi connectivity index (χ1n) is 4.64. The number of esters is 1. The molecule has 0 amide bonds. The summed E-state index contributed by atoms with van der Waals surface area (Å²) in [6.07, 6.45) is 0.991. The summed E-state index contributed by atoms with van der Waals surface area (Å²) in [5.41, 5.74) is 0.984. The van der Waals surface area contributed by atoms with Crippen LogP contribution >= 0.6 is 0 Å². The van der Waals surface area contributed by atoms with E-state index in [0.717, 1.165) is 5.56 Å². The van der Waals surface area contributed by atoms with Gasteiger partial charge in [0.2, 0.25) is 0 Å². The van der Waals surface area contributed by atoms with E-state index in [0.29, 0.717) is 19.4 Å². The van der Waals surface area contributed by atoms with Crippen molar-refractivity contribution in [3.63, 3.8) is 0 Å². The second-order valence-electron chi connectivity index (χ2n) is 2.95.